The molecule has 1 saturated heterocycles. The molecule has 42 heavy (non-hydrogen) atoms. The van der Waals surface area contributed by atoms with E-state index in [0.717, 1.165) is 23.9 Å². The van der Waals surface area contributed by atoms with Gasteiger partial charge in [0, 0.05) is 18.5 Å². The van der Waals surface area contributed by atoms with Crippen LogP contribution in [0.25, 0.3) is 17.2 Å². The predicted molar refractivity (Wildman–Crippen MR) is 158 cm³/mol. The van der Waals surface area contributed by atoms with E-state index in [2.05, 4.69) is 5.32 Å². The molecule has 1 aliphatic rings. The van der Waals surface area contributed by atoms with E-state index in [1.165, 1.54) is 50.5 Å². The molecule has 9 nitrogen and oxygen atoms in total. The van der Waals surface area contributed by atoms with E-state index >= 15 is 0 Å². The maximum absolute atomic E-state index is 14.0. The number of thiocarbonyl (C=S) groups is 1. The van der Waals surface area contributed by atoms with E-state index < -0.39 is 29.4 Å². The van der Waals surface area contributed by atoms with E-state index in [1.54, 1.807) is 18.2 Å². The van der Waals surface area contributed by atoms with Crippen LogP contribution in [0, 0.1) is 11.6 Å². The second-order valence-electron chi connectivity index (χ2n) is 8.78. The number of benzene rings is 3. The monoisotopic (exact) mass is 614 g/mol. The number of anilines is 1. The first-order valence-electron chi connectivity index (χ1n) is 12.2. The minimum atomic E-state index is -1.14. The molecule has 3 aromatic rings. The Hall–Kier alpha value is -4.49. The largest absolute Gasteiger partial charge is 0.495 e. The van der Waals surface area contributed by atoms with Crippen molar-refractivity contribution < 1.29 is 42.5 Å². The summed E-state index contributed by atoms with van der Waals surface area (Å²) in [5.74, 6) is -3.22. The minimum absolute atomic E-state index is 0.000586. The van der Waals surface area contributed by atoms with Gasteiger partial charge in [0.1, 0.15) is 10.1 Å². The van der Waals surface area contributed by atoms with Crippen molar-refractivity contribution in [1.82, 2.24) is 4.90 Å². The van der Waals surface area contributed by atoms with Crippen molar-refractivity contribution >= 4 is 57.8 Å². The number of carbonyl (C=O) groups is 3. The summed E-state index contributed by atoms with van der Waals surface area (Å²) in [7, 11) is 4.20. The number of rotatable bonds is 10. The van der Waals surface area contributed by atoms with Gasteiger partial charge in [-0.15, -0.1) is 0 Å². The molecule has 0 radical (unpaired) electrons. The Morgan fingerprint density at radius 3 is 2.38 bits per heavy atom. The maximum atomic E-state index is 14.0. The number of methoxy groups -OCH3 is 3. The van der Waals surface area contributed by atoms with Crippen LogP contribution < -0.4 is 19.5 Å². The molecule has 3 aromatic carbocycles. The Balaban J connectivity index is 1.52. The Labute approximate surface area is 249 Å². The van der Waals surface area contributed by atoms with Crippen LogP contribution in [0.2, 0.25) is 0 Å². The number of hydrogen-bond donors (Lipinski definition) is 2. The van der Waals surface area contributed by atoms with E-state index in [-0.39, 0.29) is 39.2 Å². The van der Waals surface area contributed by atoms with Crippen molar-refractivity contribution in [1.29, 1.82) is 0 Å². The fourth-order valence-corrected chi connectivity index (χ4v) is 5.45. The quantitative estimate of drug-likeness (QED) is 0.223. The van der Waals surface area contributed by atoms with E-state index in [1.807, 2.05) is 0 Å². The van der Waals surface area contributed by atoms with Gasteiger partial charge in [0.2, 0.25) is 5.91 Å². The van der Waals surface area contributed by atoms with Crippen molar-refractivity contribution in [2.45, 2.75) is 6.42 Å². The van der Waals surface area contributed by atoms with Crippen LogP contribution in [0.4, 0.5) is 14.5 Å². The van der Waals surface area contributed by atoms with Gasteiger partial charge in [0.15, 0.2) is 23.1 Å². The van der Waals surface area contributed by atoms with Gasteiger partial charge in [-0.1, -0.05) is 30.0 Å². The number of carbonyl (C=O) groups excluding carboxylic acids is 2. The molecule has 1 aliphatic heterocycles. The summed E-state index contributed by atoms with van der Waals surface area (Å²) in [5, 5.41) is 11.8. The highest BCUT2D eigenvalue weighted by Gasteiger charge is 2.32. The zero-order chi connectivity index (χ0) is 30.6. The van der Waals surface area contributed by atoms with Crippen molar-refractivity contribution in [3.8, 4) is 28.4 Å². The van der Waals surface area contributed by atoms with Crippen molar-refractivity contribution in [3.63, 3.8) is 0 Å². The second-order valence-corrected chi connectivity index (χ2v) is 10.5. The molecule has 0 atom stereocenters. The van der Waals surface area contributed by atoms with Crippen molar-refractivity contribution in [2.24, 2.45) is 0 Å². The van der Waals surface area contributed by atoms with E-state index in [4.69, 9.17) is 31.5 Å². The van der Waals surface area contributed by atoms with Gasteiger partial charge >= 0.3 is 5.97 Å². The van der Waals surface area contributed by atoms with Crippen LogP contribution in [-0.2, 0) is 9.59 Å². The summed E-state index contributed by atoms with van der Waals surface area (Å²) in [6.07, 6.45) is 1.49. The maximum Gasteiger partial charge on any atom is 0.335 e. The molecule has 0 aliphatic carbocycles. The van der Waals surface area contributed by atoms with Gasteiger partial charge in [0.25, 0.3) is 5.91 Å². The molecular formula is C29H24F2N2O7S2. The molecule has 2 amide bonds. The summed E-state index contributed by atoms with van der Waals surface area (Å²) in [5.41, 5.74) is 1.55. The van der Waals surface area contributed by atoms with Gasteiger partial charge in [-0.2, -0.15) is 0 Å². The molecule has 218 valence electrons. The number of carboxylic acids is 1. The first-order chi connectivity index (χ1) is 20.1. The number of nitrogens with zero attached hydrogens (tertiary/aromatic N) is 1. The lowest BCUT2D eigenvalue weighted by Crippen LogP contribution is -2.31. The van der Waals surface area contributed by atoms with Crippen LogP contribution in [0.3, 0.4) is 0 Å². The van der Waals surface area contributed by atoms with Gasteiger partial charge in [-0.25, -0.2) is 13.6 Å². The first kappa shape index (κ1) is 30.5. The van der Waals surface area contributed by atoms with Crippen LogP contribution in [0.5, 0.6) is 17.2 Å². The molecular weight excluding hydrogens is 590 g/mol. The number of carboxylic acid groups (broad SMARTS) is 1. The van der Waals surface area contributed by atoms with Gasteiger partial charge in [0.05, 0.1) is 37.5 Å². The summed E-state index contributed by atoms with van der Waals surface area (Å²) in [6, 6.07) is 10.8. The summed E-state index contributed by atoms with van der Waals surface area (Å²) in [4.78, 5) is 38.6. The fraction of sp³-hybridized carbons (Fsp3) is 0.172. The molecule has 0 saturated carbocycles. The Kier molecular flexibility index (Phi) is 9.43. The van der Waals surface area contributed by atoms with Crippen LogP contribution in [-0.4, -0.2) is 60.0 Å². The molecule has 1 heterocycles. The lowest BCUT2D eigenvalue weighted by Gasteiger charge is -2.15. The standard InChI is InChI=1S/C29H24F2N2O7S2/c1-38-22-14-17(28(36)37)5-7-21(22)32-25(34)8-9-33-27(35)24(42-29(33)41)12-15-10-18(26(40-3)23(11-15)39-2)16-4-6-19(30)20(31)13-16/h4-7,10-14H,8-9H2,1-3H3,(H,32,34)(H,36,37)/b24-12-. The number of thioether (sulfide) groups is 1. The molecule has 0 aromatic heterocycles. The number of ether oxygens (including phenoxy) is 3. The summed E-state index contributed by atoms with van der Waals surface area (Å²) >= 11 is 6.44. The average Bonchev–Trinajstić information content (AvgIpc) is 3.23. The fourth-order valence-electron chi connectivity index (χ4n) is 4.14. The number of hydrogen-bond acceptors (Lipinski definition) is 8. The number of amides is 2. The second kappa shape index (κ2) is 13.0. The highest BCUT2D eigenvalue weighted by atomic mass is 32.2. The number of nitrogens with one attached hydrogen (secondary N) is 1. The third-order valence-electron chi connectivity index (χ3n) is 6.19. The molecule has 2 N–H and O–H groups in total. The predicted octanol–water partition coefficient (Wildman–Crippen LogP) is 5.59. The van der Waals surface area contributed by atoms with Gasteiger partial charge in [-0.05, 0) is 59.7 Å². The van der Waals surface area contributed by atoms with Gasteiger partial charge in [-0.3, -0.25) is 14.5 Å². The van der Waals surface area contributed by atoms with E-state index in [9.17, 15) is 23.2 Å². The van der Waals surface area contributed by atoms with Crippen molar-refractivity contribution in [2.75, 3.05) is 33.2 Å². The molecule has 0 bridgehead atoms. The topological polar surface area (TPSA) is 114 Å². The minimum Gasteiger partial charge on any atom is -0.495 e. The number of aromatic carboxylic acids is 1. The van der Waals surface area contributed by atoms with E-state index in [0.29, 0.717) is 28.2 Å². The Morgan fingerprint density at radius 1 is 1.00 bits per heavy atom. The van der Waals surface area contributed by atoms with Gasteiger partial charge < -0.3 is 24.6 Å². The number of halogens is 2. The zero-order valence-corrected chi connectivity index (χ0v) is 24.2. The highest BCUT2D eigenvalue weighted by Crippen LogP contribution is 2.41. The lowest BCUT2D eigenvalue weighted by atomic mass is 10.0. The highest BCUT2D eigenvalue weighted by molar-refractivity contribution is 8.26. The summed E-state index contributed by atoms with van der Waals surface area (Å²) < 4.78 is 43.9. The molecule has 1 fully saturated rings. The first-order valence-corrected chi connectivity index (χ1v) is 13.5. The van der Waals surface area contributed by atoms with Crippen LogP contribution >= 0.6 is 24.0 Å². The molecule has 0 unspecified atom stereocenters. The average molecular weight is 615 g/mol. The SMILES string of the molecule is COc1cc(C(=O)O)ccc1NC(=O)CCN1C(=O)/C(=C/c2cc(OC)c(OC)c(-c3ccc(F)c(F)c3)c2)SC1=S. The van der Waals surface area contributed by atoms with Crippen LogP contribution in [0.1, 0.15) is 22.3 Å². The Bertz CT molecular complexity index is 1630. The van der Waals surface area contributed by atoms with Crippen molar-refractivity contribution in [3.05, 3.63) is 76.2 Å². The molecule has 4 rings (SSSR count). The summed E-state index contributed by atoms with van der Waals surface area (Å²) in [6.45, 7) is -0.00456. The molecule has 0 spiro atoms. The smallest absolute Gasteiger partial charge is 0.335 e. The zero-order valence-electron chi connectivity index (χ0n) is 22.5. The Morgan fingerprint density at radius 2 is 1.74 bits per heavy atom. The third kappa shape index (κ3) is 6.52. The van der Waals surface area contributed by atoms with Crippen LogP contribution in [0.15, 0.2) is 53.4 Å². The third-order valence-corrected chi connectivity index (χ3v) is 7.57. The lowest BCUT2D eigenvalue weighted by molar-refractivity contribution is -0.122. The molecule has 13 heteroatoms. The normalized spacial score (nSPS) is 13.8.